The Balaban J connectivity index is 1.94. The largest absolute Gasteiger partial charge is 0.465 e. The maximum atomic E-state index is 14.6. The summed E-state index contributed by atoms with van der Waals surface area (Å²) in [5.41, 5.74) is 0.334. The topological polar surface area (TPSA) is 98.0 Å². The van der Waals surface area contributed by atoms with Crippen molar-refractivity contribution in [1.82, 2.24) is 8.87 Å². The molecule has 1 amide bonds. The minimum Gasteiger partial charge on any atom is -0.465 e. The summed E-state index contributed by atoms with van der Waals surface area (Å²) in [4.78, 5) is 29.5. The Bertz CT molecular complexity index is 1400. The summed E-state index contributed by atoms with van der Waals surface area (Å²) in [7, 11) is -3.70. The van der Waals surface area contributed by atoms with E-state index < -0.39 is 27.7 Å². The predicted molar refractivity (Wildman–Crippen MR) is 141 cm³/mol. The molecular weight excluding hydrogens is 517 g/mol. The molecule has 0 aliphatic rings. The highest BCUT2D eigenvalue weighted by atomic mass is 32.2. The van der Waals surface area contributed by atoms with Gasteiger partial charge in [-0.05, 0) is 56.2 Å². The lowest BCUT2D eigenvalue weighted by Crippen LogP contribution is -2.33. The summed E-state index contributed by atoms with van der Waals surface area (Å²) in [6.45, 7) is 6.43. The molecule has 0 N–H and O–H groups in total. The summed E-state index contributed by atoms with van der Waals surface area (Å²) in [6.07, 6.45) is 3.29. The highest BCUT2D eigenvalue weighted by Crippen LogP contribution is 2.21. The number of ether oxygens (including phenoxy) is 1. The van der Waals surface area contributed by atoms with Gasteiger partial charge in [0.25, 0.3) is 5.91 Å². The van der Waals surface area contributed by atoms with Crippen molar-refractivity contribution in [2.75, 3.05) is 19.7 Å². The molecule has 1 heterocycles. The van der Waals surface area contributed by atoms with Crippen LogP contribution in [0.2, 0.25) is 0 Å². The van der Waals surface area contributed by atoms with Crippen molar-refractivity contribution < 1.29 is 27.1 Å². The maximum Gasteiger partial charge on any atom is 0.326 e. The molecule has 0 bridgehead atoms. The number of amides is 1. The van der Waals surface area contributed by atoms with Gasteiger partial charge >= 0.3 is 5.97 Å². The fraction of sp³-hybridized carbons (Fsp3) is 0.423. The van der Waals surface area contributed by atoms with Crippen LogP contribution in [0.4, 0.5) is 4.39 Å². The second kappa shape index (κ2) is 13.1. The summed E-state index contributed by atoms with van der Waals surface area (Å²) in [5, 5.41) is 0. The number of aromatic nitrogens is 1. The van der Waals surface area contributed by atoms with Crippen LogP contribution in [0.1, 0.15) is 56.8 Å². The van der Waals surface area contributed by atoms with Crippen LogP contribution in [-0.2, 0) is 26.1 Å². The van der Waals surface area contributed by atoms with Crippen molar-refractivity contribution in [2.24, 2.45) is 4.99 Å². The summed E-state index contributed by atoms with van der Waals surface area (Å²) < 4.78 is 49.3. The third-order valence-corrected chi connectivity index (χ3v) is 8.66. The van der Waals surface area contributed by atoms with E-state index in [0.717, 1.165) is 37.0 Å². The van der Waals surface area contributed by atoms with Gasteiger partial charge in [0.05, 0.1) is 21.7 Å². The van der Waals surface area contributed by atoms with Crippen molar-refractivity contribution in [2.45, 2.75) is 57.9 Å². The van der Waals surface area contributed by atoms with E-state index in [1.807, 2.05) is 13.8 Å². The highest BCUT2D eigenvalue weighted by molar-refractivity contribution is 7.89. The van der Waals surface area contributed by atoms with Crippen LogP contribution in [0, 0.1) is 5.82 Å². The van der Waals surface area contributed by atoms with E-state index in [9.17, 15) is 22.4 Å². The lowest BCUT2D eigenvalue weighted by molar-refractivity contribution is -0.143. The zero-order chi connectivity index (χ0) is 27.0. The summed E-state index contributed by atoms with van der Waals surface area (Å²) in [6, 6.07) is 10.1. The lowest BCUT2D eigenvalue weighted by atomic mass is 10.2. The third kappa shape index (κ3) is 6.91. The molecule has 0 atom stereocenters. The molecule has 2 aromatic carbocycles. The van der Waals surface area contributed by atoms with Gasteiger partial charge in [-0.2, -0.15) is 9.30 Å². The Labute approximate surface area is 220 Å². The maximum absolute atomic E-state index is 14.6. The van der Waals surface area contributed by atoms with E-state index in [1.54, 1.807) is 13.0 Å². The number of hydrogen-bond donors (Lipinski definition) is 0. The molecule has 37 heavy (non-hydrogen) atoms. The molecule has 8 nitrogen and oxygen atoms in total. The van der Waals surface area contributed by atoms with Crippen molar-refractivity contribution >= 4 is 43.5 Å². The Morgan fingerprint density at radius 3 is 2.27 bits per heavy atom. The van der Waals surface area contributed by atoms with Gasteiger partial charge in [-0.1, -0.05) is 44.1 Å². The van der Waals surface area contributed by atoms with E-state index in [1.165, 1.54) is 45.3 Å². The second-order valence-electron chi connectivity index (χ2n) is 8.41. The molecule has 0 radical (unpaired) electrons. The molecule has 1 aromatic heterocycles. The number of hydrogen-bond acceptors (Lipinski definition) is 6. The van der Waals surface area contributed by atoms with Crippen LogP contribution in [0.15, 0.2) is 52.4 Å². The monoisotopic (exact) mass is 549 g/mol. The molecule has 0 spiro atoms. The van der Waals surface area contributed by atoms with E-state index in [0.29, 0.717) is 17.8 Å². The highest BCUT2D eigenvalue weighted by Gasteiger charge is 2.24. The van der Waals surface area contributed by atoms with Crippen molar-refractivity contribution in [3.05, 3.63) is 58.6 Å². The van der Waals surface area contributed by atoms with E-state index in [-0.39, 0.29) is 33.9 Å². The summed E-state index contributed by atoms with van der Waals surface area (Å²) >= 11 is 1.07. The Morgan fingerprint density at radius 1 is 1.03 bits per heavy atom. The number of carbonyl (C=O) groups is 2. The predicted octanol–water partition coefficient (Wildman–Crippen LogP) is 4.74. The van der Waals surface area contributed by atoms with E-state index >= 15 is 0 Å². The standard InChI is InChI=1S/C26H32FN3O5S2/c1-4-7-16-29(17-8-5-2)37(33,34)20-14-12-19(13-15-20)25(32)28-26-30(18-23(31)35-6-3)24-21(27)10-9-11-22(24)36-26/h9-15H,4-8,16-18H2,1-3H3. The number of sulfonamides is 1. The average molecular weight is 550 g/mol. The Kier molecular flexibility index (Phi) is 10.1. The normalized spacial score (nSPS) is 12.4. The zero-order valence-corrected chi connectivity index (χ0v) is 22.9. The molecule has 200 valence electrons. The van der Waals surface area contributed by atoms with Gasteiger partial charge in [0.15, 0.2) is 4.80 Å². The Hall–Kier alpha value is -2.89. The number of halogens is 1. The van der Waals surface area contributed by atoms with Gasteiger partial charge in [-0.25, -0.2) is 12.8 Å². The smallest absolute Gasteiger partial charge is 0.326 e. The molecule has 0 fully saturated rings. The number of esters is 1. The fourth-order valence-electron chi connectivity index (χ4n) is 3.75. The molecule has 3 aromatic rings. The molecule has 0 aliphatic heterocycles. The zero-order valence-electron chi connectivity index (χ0n) is 21.3. The fourth-order valence-corrected chi connectivity index (χ4v) is 6.30. The minimum absolute atomic E-state index is 0.109. The van der Waals surface area contributed by atoms with Crippen LogP contribution >= 0.6 is 11.3 Å². The van der Waals surface area contributed by atoms with Gasteiger partial charge < -0.3 is 9.30 Å². The average Bonchev–Trinajstić information content (AvgIpc) is 3.21. The quantitative estimate of drug-likeness (QED) is 0.304. The second-order valence-corrected chi connectivity index (χ2v) is 11.4. The first-order chi connectivity index (χ1) is 17.7. The van der Waals surface area contributed by atoms with E-state index in [2.05, 4.69) is 4.99 Å². The number of carbonyl (C=O) groups excluding carboxylic acids is 2. The number of nitrogens with zero attached hydrogens (tertiary/aromatic N) is 3. The van der Waals surface area contributed by atoms with Crippen LogP contribution in [-0.4, -0.2) is 48.9 Å². The first-order valence-corrected chi connectivity index (χ1v) is 14.6. The first-order valence-electron chi connectivity index (χ1n) is 12.4. The lowest BCUT2D eigenvalue weighted by Gasteiger charge is -2.22. The minimum atomic E-state index is -3.70. The van der Waals surface area contributed by atoms with Gasteiger partial charge in [-0.3, -0.25) is 9.59 Å². The Morgan fingerprint density at radius 2 is 1.68 bits per heavy atom. The van der Waals surface area contributed by atoms with Gasteiger partial charge in [0.1, 0.15) is 12.4 Å². The molecule has 0 saturated carbocycles. The number of para-hydroxylation sites is 1. The number of rotatable bonds is 12. The SMILES string of the molecule is CCCCN(CCCC)S(=O)(=O)c1ccc(C(=O)N=c2sc3cccc(F)c3n2CC(=O)OCC)cc1. The van der Waals surface area contributed by atoms with Gasteiger partial charge in [0.2, 0.25) is 10.0 Å². The van der Waals surface area contributed by atoms with Gasteiger partial charge in [-0.15, -0.1) is 0 Å². The van der Waals surface area contributed by atoms with Crippen LogP contribution < -0.4 is 4.80 Å². The summed E-state index contributed by atoms with van der Waals surface area (Å²) in [5.74, 6) is -1.76. The van der Waals surface area contributed by atoms with Crippen LogP contribution in [0.3, 0.4) is 0 Å². The van der Waals surface area contributed by atoms with Crippen LogP contribution in [0.5, 0.6) is 0 Å². The van der Waals surface area contributed by atoms with Crippen molar-refractivity contribution in [3.8, 4) is 0 Å². The number of benzene rings is 2. The molecule has 0 aliphatic carbocycles. The molecule has 11 heteroatoms. The number of thiazole rings is 1. The van der Waals surface area contributed by atoms with E-state index in [4.69, 9.17) is 4.74 Å². The molecule has 0 unspecified atom stereocenters. The number of unbranched alkanes of at least 4 members (excludes halogenated alkanes) is 2. The molecular formula is C26H32FN3O5S2. The molecule has 3 rings (SSSR count). The first kappa shape index (κ1) is 28.7. The number of fused-ring (bicyclic) bond motifs is 1. The van der Waals surface area contributed by atoms with Gasteiger partial charge in [0, 0.05) is 18.7 Å². The van der Waals surface area contributed by atoms with Crippen LogP contribution in [0.25, 0.3) is 10.2 Å². The van der Waals surface area contributed by atoms with Crippen molar-refractivity contribution in [3.63, 3.8) is 0 Å². The molecule has 0 saturated heterocycles. The van der Waals surface area contributed by atoms with Crippen molar-refractivity contribution in [1.29, 1.82) is 0 Å². The third-order valence-electron chi connectivity index (χ3n) is 5.70.